The maximum Gasteiger partial charge on any atom is 0.293 e. The van der Waals surface area contributed by atoms with Gasteiger partial charge in [-0.25, -0.2) is 0 Å². The molecule has 1 aromatic carbocycles. The number of anilines is 1. The molecular formula is C13H10BrClN2O2S. The fourth-order valence-corrected chi connectivity index (χ4v) is 2.16. The van der Waals surface area contributed by atoms with Gasteiger partial charge in [0.15, 0.2) is 15.5 Å². The first-order valence-electron chi connectivity index (χ1n) is 5.59. The van der Waals surface area contributed by atoms with Crippen LogP contribution in [0, 0.1) is 6.92 Å². The van der Waals surface area contributed by atoms with Gasteiger partial charge in [-0.15, -0.1) is 0 Å². The van der Waals surface area contributed by atoms with Crippen molar-refractivity contribution in [2.75, 3.05) is 5.32 Å². The number of aryl methyl sites for hydroxylation is 1. The van der Waals surface area contributed by atoms with Crippen molar-refractivity contribution in [1.29, 1.82) is 0 Å². The molecule has 0 unspecified atom stereocenters. The van der Waals surface area contributed by atoms with Crippen molar-refractivity contribution in [2.24, 2.45) is 0 Å². The summed E-state index contributed by atoms with van der Waals surface area (Å²) in [7, 11) is 0. The molecule has 7 heteroatoms. The summed E-state index contributed by atoms with van der Waals surface area (Å²) in [5.74, 6) is -0.253. The van der Waals surface area contributed by atoms with Gasteiger partial charge < -0.3 is 9.73 Å². The van der Waals surface area contributed by atoms with Crippen molar-refractivity contribution in [2.45, 2.75) is 6.92 Å². The zero-order chi connectivity index (χ0) is 14.7. The van der Waals surface area contributed by atoms with Crippen LogP contribution < -0.4 is 10.6 Å². The van der Waals surface area contributed by atoms with E-state index in [0.717, 1.165) is 11.3 Å². The number of benzene rings is 1. The number of halogens is 2. The number of hydrogen-bond acceptors (Lipinski definition) is 3. The van der Waals surface area contributed by atoms with Crippen LogP contribution in [0.1, 0.15) is 16.1 Å². The lowest BCUT2D eigenvalue weighted by Crippen LogP contribution is -2.34. The molecule has 1 aromatic heterocycles. The summed E-state index contributed by atoms with van der Waals surface area (Å²) in [6, 6.07) is 8.56. The summed E-state index contributed by atoms with van der Waals surface area (Å²) < 4.78 is 5.61. The van der Waals surface area contributed by atoms with E-state index in [1.165, 1.54) is 0 Å². The standard InChI is InChI=1S/C13H10BrClN2O2S/c1-7-2-3-8(15)6-9(7)16-13(20)17-12(18)10-4-5-11(14)19-10/h2-6H,1H3,(H2,16,17,18,20). The van der Waals surface area contributed by atoms with Crippen LogP contribution >= 0.6 is 39.7 Å². The average molecular weight is 374 g/mol. The van der Waals surface area contributed by atoms with Crippen molar-refractivity contribution in [1.82, 2.24) is 5.32 Å². The number of hydrogen-bond donors (Lipinski definition) is 2. The lowest BCUT2D eigenvalue weighted by Gasteiger charge is -2.11. The molecule has 0 radical (unpaired) electrons. The van der Waals surface area contributed by atoms with Crippen molar-refractivity contribution >= 4 is 56.5 Å². The molecular weight excluding hydrogens is 364 g/mol. The summed E-state index contributed by atoms with van der Waals surface area (Å²) in [5, 5.41) is 6.21. The highest BCUT2D eigenvalue weighted by Gasteiger charge is 2.12. The maximum absolute atomic E-state index is 11.8. The van der Waals surface area contributed by atoms with Crippen molar-refractivity contribution in [3.63, 3.8) is 0 Å². The van der Waals surface area contributed by atoms with Gasteiger partial charge in [-0.2, -0.15) is 0 Å². The van der Waals surface area contributed by atoms with Gasteiger partial charge in [-0.1, -0.05) is 17.7 Å². The van der Waals surface area contributed by atoms with Gasteiger partial charge in [0.05, 0.1) is 0 Å². The van der Waals surface area contributed by atoms with Gasteiger partial charge >= 0.3 is 0 Å². The number of thiocarbonyl (C=S) groups is 1. The molecule has 0 aliphatic heterocycles. The number of furan rings is 1. The zero-order valence-corrected chi connectivity index (χ0v) is 13.5. The van der Waals surface area contributed by atoms with E-state index in [2.05, 4.69) is 26.6 Å². The first kappa shape index (κ1) is 15.0. The lowest BCUT2D eigenvalue weighted by atomic mass is 10.2. The average Bonchev–Trinajstić information content (AvgIpc) is 2.80. The molecule has 0 aliphatic carbocycles. The molecule has 1 amide bonds. The maximum atomic E-state index is 11.8. The second kappa shape index (κ2) is 6.39. The van der Waals surface area contributed by atoms with Crippen LogP contribution in [0.2, 0.25) is 5.02 Å². The van der Waals surface area contributed by atoms with Gasteiger partial charge in [-0.05, 0) is 64.9 Å². The third kappa shape index (κ3) is 3.82. The normalized spacial score (nSPS) is 10.2. The van der Waals surface area contributed by atoms with E-state index in [4.69, 9.17) is 28.2 Å². The highest BCUT2D eigenvalue weighted by Crippen LogP contribution is 2.20. The van der Waals surface area contributed by atoms with Crippen LogP contribution in [0.15, 0.2) is 39.4 Å². The lowest BCUT2D eigenvalue weighted by molar-refractivity contribution is 0.0949. The molecule has 0 spiro atoms. The topological polar surface area (TPSA) is 54.3 Å². The molecule has 1 heterocycles. The molecule has 2 aromatic rings. The van der Waals surface area contributed by atoms with Crippen LogP contribution in [-0.4, -0.2) is 11.0 Å². The number of carbonyl (C=O) groups is 1. The largest absolute Gasteiger partial charge is 0.444 e. The quantitative estimate of drug-likeness (QED) is 0.777. The molecule has 4 nitrogen and oxygen atoms in total. The molecule has 2 N–H and O–H groups in total. The first-order valence-corrected chi connectivity index (χ1v) is 7.17. The number of amides is 1. The van der Waals surface area contributed by atoms with Gasteiger partial charge in [0.25, 0.3) is 5.91 Å². The smallest absolute Gasteiger partial charge is 0.293 e. The fraction of sp³-hybridized carbons (Fsp3) is 0.0769. The Kier molecular flexibility index (Phi) is 4.80. The second-order valence-corrected chi connectivity index (χ2v) is 5.60. The monoisotopic (exact) mass is 372 g/mol. The van der Waals surface area contributed by atoms with Crippen LogP contribution in [0.4, 0.5) is 5.69 Å². The van der Waals surface area contributed by atoms with E-state index in [1.54, 1.807) is 24.3 Å². The molecule has 0 fully saturated rings. The molecule has 0 aliphatic rings. The van der Waals surface area contributed by atoms with E-state index in [1.807, 2.05) is 13.0 Å². The van der Waals surface area contributed by atoms with Gasteiger partial charge in [-0.3, -0.25) is 10.1 Å². The SMILES string of the molecule is Cc1ccc(Cl)cc1NC(=S)NC(=O)c1ccc(Br)o1. The van der Waals surface area contributed by atoms with Crippen LogP contribution in [0.5, 0.6) is 0 Å². The Morgan fingerprint density at radius 3 is 2.75 bits per heavy atom. The van der Waals surface area contributed by atoms with Crippen molar-refractivity contribution in [3.05, 3.63) is 51.3 Å². The van der Waals surface area contributed by atoms with Gasteiger partial charge in [0.1, 0.15) is 0 Å². The van der Waals surface area contributed by atoms with E-state index >= 15 is 0 Å². The summed E-state index contributed by atoms with van der Waals surface area (Å²) >= 11 is 14.1. The van der Waals surface area contributed by atoms with E-state index in [-0.39, 0.29) is 10.9 Å². The minimum Gasteiger partial charge on any atom is -0.444 e. The van der Waals surface area contributed by atoms with E-state index in [9.17, 15) is 4.79 Å². The molecule has 0 saturated heterocycles. The number of rotatable bonds is 2. The Balaban J connectivity index is 2.02. The van der Waals surface area contributed by atoms with E-state index in [0.29, 0.717) is 9.69 Å². The summed E-state index contributed by atoms with van der Waals surface area (Å²) in [5.41, 5.74) is 1.70. The minimum atomic E-state index is -0.423. The molecule has 104 valence electrons. The number of carbonyl (C=O) groups excluding carboxylic acids is 1. The Hall–Kier alpha value is -1.37. The van der Waals surface area contributed by atoms with Crippen molar-refractivity contribution in [3.8, 4) is 0 Å². The predicted molar refractivity (Wildman–Crippen MR) is 86.3 cm³/mol. The summed E-state index contributed by atoms with van der Waals surface area (Å²) in [6.45, 7) is 1.91. The second-order valence-electron chi connectivity index (χ2n) is 3.97. The molecule has 0 bridgehead atoms. The van der Waals surface area contributed by atoms with Crippen molar-refractivity contribution < 1.29 is 9.21 Å². The zero-order valence-electron chi connectivity index (χ0n) is 10.4. The Morgan fingerprint density at radius 1 is 1.35 bits per heavy atom. The predicted octanol–water partition coefficient (Wildman–Crippen LogP) is 4.13. The first-order chi connectivity index (χ1) is 9.45. The number of nitrogens with one attached hydrogen (secondary N) is 2. The third-order valence-electron chi connectivity index (χ3n) is 2.47. The molecule has 0 atom stereocenters. The van der Waals surface area contributed by atoms with Gasteiger partial charge in [0.2, 0.25) is 0 Å². The Morgan fingerprint density at radius 2 is 2.10 bits per heavy atom. The Labute approximate surface area is 134 Å². The summed E-state index contributed by atoms with van der Waals surface area (Å²) in [4.78, 5) is 11.8. The molecule has 0 saturated carbocycles. The van der Waals surface area contributed by atoms with Crippen LogP contribution in [0.25, 0.3) is 0 Å². The third-order valence-corrected chi connectivity index (χ3v) is 3.34. The van der Waals surface area contributed by atoms with Crippen LogP contribution in [-0.2, 0) is 0 Å². The highest BCUT2D eigenvalue weighted by atomic mass is 79.9. The summed E-state index contributed by atoms with van der Waals surface area (Å²) in [6.07, 6.45) is 0. The van der Waals surface area contributed by atoms with Gasteiger partial charge in [0, 0.05) is 10.7 Å². The molecule has 20 heavy (non-hydrogen) atoms. The fourth-order valence-electron chi connectivity index (χ4n) is 1.48. The minimum absolute atomic E-state index is 0.170. The van der Waals surface area contributed by atoms with E-state index < -0.39 is 5.91 Å². The Bertz CT molecular complexity index is 672. The van der Waals surface area contributed by atoms with Crippen LogP contribution in [0.3, 0.4) is 0 Å². The molecule has 2 rings (SSSR count). The highest BCUT2D eigenvalue weighted by molar-refractivity contribution is 9.10.